The van der Waals surface area contributed by atoms with E-state index in [1.807, 2.05) is 48.5 Å². The molecule has 0 fully saturated rings. The van der Waals surface area contributed by atoms with Crippen molar-refractivity contribution in [2.45, 2.75) is 39.5 Å². The minimum atomic E-state index is 0.597. The third-order valence-electron chi connectivity index (χ3n) is 10.1. The molecule has 0 atom stereocenters. The van der Waals surface area contributed by atoms with Gasteiger partial charge in [0.2, 0.25) is 0 Å². The van der Waals surface area contributed by atoms with E-state index in [2.05, 4.69) is 115 Å². The van der Waals surface area contributed by atoms with Gasteiger partial charge in [-0.15, -0.1) is 0 Å². The summed E-state index contributed by atoms with van der Waals surface area (Å²) in [5.74, 6) is 0. The van der Waals surface area contributed by atoms with Crippen molar-refractivity contribution in [1.82, 2.24) is 4.57 Å². The van der Waals surface area contributed by atoms with Crippen LogP contribution in [0.1, 0.15) is 59.7 Å². The summed E-state index contributed by atoms with van der Waals surface area (Å²) in [6.07, 6.45) is 11.0. The summed E-state index contributed by atoms with van der Waals surface area (Å²) >= 11 is 0. The number of aryl methyl sites for hydroxylation is 1. The molecule has 1 aromatic heterocycles. The van der Waals surface area contributed by atoms with Crippen molar-refractivity contribution in [1.29, 1.82) is 10.5 Å². The molecule has 0 unspecified atom stereocenters. The van der Waals surface area contributed by atoms with Gasteiger partial charge in [-0.25, -0.2) is 0 Å². The van der Waals surface area contributed by atoms with E-state index < -0.39 is 0 Å². The van der Waals surface area contributed by atoms with E-state index in [1.54, 1.807) is 0 Å². The van der Waals surface area contributed by atoms with Crippen molar-refractivity contribution >= 4 is 39.1 Å². The Morgan fingerprint density at radius 1 is 0.700 bits per heavy atom. The number of para-hydroxylation sites is 1. The van der Waals surface area contributed by atoms with Gasteiger partial charge in [-0.3, -0.25) is 0 Å². The number of hydrogen-bond donors (Lipinski definition) is 1. The lowest BCUT2D eigenvalue weighted by Crippen LogP contribution is -2.09. The summed E-state index contributed by atoms with van der Waals surface area (Å²) in [5, 5.41) is 24.9. The number of benzene rings is 5. The molecule has 4 nitrogen and oxygen atoms in total. The first-order chi connectivity index (χ1) is 24.5. The molecule has 1 heterocycles. The summed E-state index contributed by atoms with van der Waals surface area (Å²) in [6.45, 7) is 4.32. The van der Waals surface area contributed by atoms with Crippen molar-refractivity contribution in [3.8, 4) is 34.4 Å². The third kappa shape index (κ3) is 5.42. The Hall–Kier alpha value is -6.36. The number of nitrogens with one attached hydrogen (secondary N) is 1. The van der Waals surface area contributed by atoms with Crippen LogP contribution in [0.2, 0.25) is 0 Å². The number of nitrogens with zero attached hydrogens (tertiary/aromatic N) is 3. The van der Waals surface area contributed by atoms with Crippen LogP contribution < -0.4 is 5.32 Å². The fourth-order valence-electron chi connectivity index (χ4n) is 7.75. The van der Waals surface area contributed by atoms with Gasteiger partial charge in [-0.1, -0.05) is 85.0 Å². The maximum Gasteiger partial charge on any atom is 0.0998 e. The molecule has 8 rings (SSSR count). The van der Waals surface area contributed by atoms with E-state index in [4.69, 9.17) is 0 Å². The molecule has 6 aromatic rings. The molecule has 0 aliphatic heterocycles. The van der Waals surface area contributed by atoms with Gasteiger partial charge in [0.1, 0.15) is 0 Å². The Bertz CT molecular complexity index is 2510. The molecule has 2 aliphatic carbocycles. The van der Waals surface area contributed by atoms with Crippen molar-refractivity contribution in [2.24, 2.45) is 0 Å². The van der Waals surface area contributed by atoms with Crippen LogP contribution in [0, 0.1) is 29.6 Å². The lowest BCUT2D eigenvalue weighted by Gasteiger charge is -2.23. The van der Waals surface area contributed by atoms with E-state index in [-0.39, 0.29) is 0 Å². The highest BCUT2D eigenvalue weighted by Crippen LogP contribution is 2.42. The molecule has 0 saturated heterocycles. The normalized spacial score (nSPS) is 13.8. The summed E-state index contributed by atoms with van der Waals surface area (Å²) in [4.78, 5) is 0. The topological polar surface area (TPSA) is 64.5 Å². The SMILES string of the molecule is CC1=CCCc2c1c1ccccc1n2C1=C(c2cccc(-c3ccc(Nc4ccc(C#N)cc4-c4ccccc4C)cc3C#N)c2)C=CCC1. The van der Waals surface area contributed by atoms with Gasteiger partial charge in [0.15, 0.2) is 0 Å². The first kappa shape index (κ1) is 30.9. The minimum absolute atomic E-state index is 0.597. The van der Waals surface area contributed by atoms with Crippen LogP contribution in [0.3, 0.4) is 0 Å². The Kier molecular flexibility index (Phi) is 8.00. The maximum atomic E-state index is 10.4. The molecule has 240 valence electrons. The van der Waals surface area contributed by atoms with Gasteiger partial charge >= 0.3 is 0 Å². The van der Waals surface area contributed by atoms with Gasteiger partial charge < -0.3 is 9.88 Å². The molecular formula is C46H36N4. The van der Waals surface area contributed by atoms with Crippen LogP contribution in [-0.2, 0) is 6.42 Å². The Morgan fingerprint density at radius 2 is 1.54 bits per heavy atom. The number of nitriles is 2. The second-order valence-corrected chi connectivity index (χ2v) is 13.2. The monoisotopic (exact) mass is 644 g/mol. The van der Waals surface area contributed by atoms with Crippen molar-refractivity contribution in [3.63, 3.8) is 0 Å². The van der Waals surface area contributed by atoms with Crippen molar-refractivity contribution in [2.75, 3.05) is 5.32 Å². The fourth-order valence-corrected chi connectivity index (χ4v) is 7.75. The van der Waals surface area contributed by atoms with Crippen LogP contribution in [0.25, 0.3) is 50.0 Å². The fraction of sp³-hybridized carbons (Fsp3) is 0.130. The summed E-state index contributed by atoms with van der Waals surface area (Å²) in [6, 6.07) is 42.0. The van der Waals surface area contributed by atoms with Gasteiger partial charge in [-0.05, 0) is 115 Å². The molecule has 0 radical (unpaired) electrons. The Labute approximate surface area is 293 Å². The molecule has 0 bridgehead atoms. The van der Waals surface area contributed by atoms with E-state index in [1.165, 1.54) is 39.0 Å². The first-order valence-corrected chi connectivity index (χ1v) is 17.3. The number of allylic oxidation sites excluding steroid dienone is 6. The Morgan fingerprint density at radius 3 is 2.40 bits per heavy atom. The molecule has 0 spiro atoms. The molecule has 1 N–H and O–H groups in total. The van der Waals surface area contributed by atoms with Crippen LogP contribution in [0.15, 0.2) is 127 Å². The molecular weight excluding hydrogens is 609 g/mol. The van der Waals surface area contributed by atoms with E-state index in [9.17, 15) is 10.5 Å². The lowest BCUT2D eigenvalue weighted by molar-refractivity contribution is 0.861. The molecule has 4 heteroatoms. The molecule has 5 aromatic carbocycles. The zero-order valence-electron chi connectivity index (χ0n) is 28.3. The zero-order valence-corrected chi connectivity index (χ0v) is 28.3. The summed E-state index contributed by atoms with van der Waals surface area (Å²) < 4.78 is 2.54. The molecule has 2 aliphatic rings. The lowest BCUT2D eigenvalue weighted by atomic mass is 9.91. The predicted octanol–water partition coefficient (Wildman–Crippen LogP) is 11.8. The highest BCUT2D eigenvalue weighted by atomic mass is 15.0. The van der Waals surface area contributed by atoms with Crippen molar-refractivity contribution in [3.05, 3.63) is 161 Å². The van der Waals surface area contributed by atoms with Crippen LogP contribution in [0.4, 0.5) is 11.4 Å². The quantitative estimate of drug-likeness (QED) is 0.196. The summed E-state index contributed by atoms with van der Waals surface area (Å²) in [7, 11) is 0. The van der Waals surface area contributed by atoms with Crippen LogP contribution in [-0.4, -0.2) is 4.57 Å². The minimum Gasteiger partial charge on any atom is -0.355 e. The average molecular weight is 645 g/mol. The van der Waals surface area contributed by atoms with E-state index in [0.717, 1.165) is 70.4 Å². The van der Waals surface area contributed by atoms with Crippen LogP contribution in [0.5, 0.6) is 0 Å². The van der Waals surface area contributed by atoms with Gasteiger partial charge in [0.05, 0.1) is 28.8 Å². The second kappa shape index (κ2) is 12.9. The standard InChI is InChI=1S/C46H36N4/c1-30-11-3-4-15-37(30)41-25-32(28-47)21-24-42(41)49-36-22-23-38(35(27-36)29-48)33-13-10-14-34(26-33)39-16-5-7-18-43(39)50-44-19-8-6-17-40(44)46-31(2)12-9-20-45(46)50/h3-6,8,10-17,19,21-27,49H,7,9,18,20H2,1-2H3. The average Bonchev–Trinajstić information content (AvgIpc) is 3.50. The number of rotatable bonds is 6. The number of fused-ring (bicyclic) bond motifs is 3. The van der Waals surface area contributed by atoms with Crippen LogP contribution >= 0.6 is 0 Å². The summed E-state index contributed by atoms with van der Waals surface area (Å²) in [5.41, 5.74) is 17.1. The number of aromatic nitrogens is 1. The first-order valence-electron chi connectivity index (χ1n) is 17.3. The maximum absolute atomic E-state index is 10.4. The van der Waals surface area contributed by atoms with Gasteiger partial charge in [-0.2, -0.15) is 10.5 Å². The molecule has 50 heavy (non-hydrogen) atoms. The van der Waals surface area contributed by atoms with Crippen molar-refractivity contribution < 1.29 is 0 Å². The van der Waals surface area contributed by atoms with Gasteiger partial charge in [0.25, 0.3) is 0 Å². The second-order valence-electron chi connectivity index (χ2n) is 13.2. The number of hydrogen-bond acceptors (Lipinski definition) is 3. The van der Waals surface area contributed by atoms with E-state index in [0.29, 0.717) is 11.1 Å². The third-order valence-corrected chi connectivity index (χ3v) is 10.1. The predicted molar refractivity (Wildman–Crippen MR) is 207 cm³/mol. The van der Waals surface area contributed by atoms with E-state index >= 15 is 0 Å². The van der Waals surface area contributed by atoms with Gasteiger partial charge in [0, 0.05) is 44.9 Å². The molecule has 0 saturated carbocycles. The Balaban J connectivity index is 1.18. The highest BCUT2D eigenvalue weighted by molar-refractivity contribution is 6.01. The zero-order chi connectivity index (χ0) is 34.2. The largest absolute Gasteiger partial charge is 0.355 e. The number of anilines is 2. The molecule has 0 amide bonds. The highest BCUT2D eigenvalue weighted by Gasteiger charge is 2.24. The smallest absolute Gasteiger partial charge is 0.0998 e.